The summed E-state index contributed by atoms with van der Waals surface area (Å²) in [7, 11) is -1.06. The molecule has 0 aliphatic carbocycles. The lowest BCUT2D eigenvalue weighted by atomic mass is 10.1. The molecule has 2 heteroatoms. The highest BCUT2D eigenvalue weighted by atomic mass is 28.3. The number of nitrogens with two attached hydrogens (primary N) is 1. The summed E-state index contributed by atoms with van der Waals surface area (Å²) in [5.74, 6) is 0. The summed E-state index contributed by atoms with van der Waals surface area (Å²) in [6.45, 7) is 7.93. The van der Waals surface area contributed by atoms with Gasteiger partial charge in [-0.05, 0) is 13.0 Å². The molecule has 0 rings (SSSR count). The van der Waals surface area contributed by atoms with Gasteiger partial charge in [0, 0.05) is 0 Å². The van der Waals surface area contributed by atoms with Crippen LogP contribution in [0.2, 0.25) is 24.2 Å². The summed E-state index contributed by atoms with van der Waals surface area (Å²) in [4.78, 5) is 0. The molecular weight excluding hydrogens is 366 g/mol. The molecule has 0 aliphatic heterocycles. The van der Waals surface area contributed by atoms with Crippen molar-refractivity contribution in [1.82, 2.24) is 0 Å². The van der Waals surface area contributed by atoms with Gasteiger partial charge in [-0.1, -0.05) is 161 Å². The molecule has 1 nitrogen and oxygen atoms in total. The molecule has 0 spiro atoms. The van der Waals surface area contributed by atoms with E-state index in [1.807, 2.05) is 0 Å². The third-order valence-electron chi connectivity index (χ3n) is 7.09. The Balaban J connectivity index is 4.43. The zero-order chi connectivity index (χ0) is 21.5. The van der Waals surface area contributed by atoms with Crippen molar-refractivity contribution in [2.45, 2.75) is 167 Å². The molecule has 0 saturated heterocycles. The van der Waals surface area contributed by atoms with Crippen LogP contribution >= 0.6 is 0 Å². The van der Waals surface area contributed by atoms with Crippen LogP contribution in [0.25, 0.3) is 0 Å². The Morgan fingerprint density at radius 3 is 1.07 bits per heavy atom. The smallest absolute Gasteiger partial charge is 0.0535 e. The molecule has 1 unspecified atom stereocenters. The van der Waals surface area contributed by atoms with Gasteiger partial charge in [-0.15, -0.1) is 0 Å². The van der Waals surface area contributed by atoms with Gasteiger partial charge in [0.05, 0.1) is 8.07 Å². The molecule has 2 N–H and O–H groups in total. The highest BCUT2D eigenvalue weighted by Gasteiger charge is 2.30. The van der Waals surface area contributed by atoms with E-state index < -0.39 is 8.07 Å². The topological polar surface area (TPSA) is 26.0 Å². The Kier molecular flexibility index (Phi) is 23.0. The van der Waals surface area contributed by atoms with Crippen LogP contribution in [0.3, 0.4) is 0 Å². The minimum atomic E-state index is -1.06. The van der Waals surface area contributed by atoms with Crippen molar-refractivity contribution in [3.63, 3.8) is 0 Å². The summed E-state index contributed by atoms with van der Waals surface area (Å²) in [6, 6.07) is 6.51. The van der Waals surface area contributed by atoms with Gasteiger partial charge in [0.25, 0.3) is 0 Å². The quantitative estimate of drug-likeness (QED) is 0.121. The maximum atomic E-state index is 5.77. The normalized spacial score (nSPS) is 13.7. The van der Waals surface area contributed by atoms with Crippen molar-refractivity contribution >= 4 is 8.07 Å². The second kappa shape index (κ2) is 22.9. The minimum Gasteiger partial charge on any atom is -0.330 e. The second-order valence-electron chi connectivity index (χ2n) is 9.95. The van der Waals surface area contributed by atoms with E-state index in [2.05, 4.69) is 20.8 Å². The number of unbranched alkanes of at least 4 members (excludes halogenated alkanes) is 15. The molecule has 1 atom stereocenters. The van der Waals surface area contributed by atoms with Crippen LogP contribution in [0.5, 0.6) is 0 Å². The summed E-state index contributed by atoms with van der Waals surface area (Å²) < 4.78 is 0. The number of rotatable bonds is 24. The highest BCUT2D eigenvalue weighted by Crippen LogP contribution is 2.34. The van der Waals surface area contributed by atoms with E-state index in [1.165, 1.54) is 122 Å². The van der Waals surface area contributed by atoms with E-state index >= 15 is 0 Å². The highest BCUT2D eigenvalue weighted by molar-refractivity contribution is 6.79. The van der Waals surface area contributed by atoms with E-state index in [1.54, 1.807) is 24.2 Å². The summed E-state index contributed by atoms with van der Waals surface area (Å²) in [5, 5.41) is 0. The molecule has 0 fully saturated rings. The van der Waals surface area contributed by atoms with E-state index in [4.69, 9.17) is 5.73 Å². The van der Waals surface area contributed by atoms with Crippen LogP contribution in [-0.2, 0) is 0 Å². The number of hydrogen-bond donors (Lipinski definition) is 1. The van der Waals surface area contributed by atoms with Crippen LogP contribution in [0.15, 0.2) is 0 Å². The first-order valence-electron chi connectivity index (χ1n) is 13.9. The molecule has 0 amide bonds. The molecule has 0 aromatic carbocycles. The van der Waals surface area contributed by atoms with Crippen molar-refractivity contribution in [2.24, 2.45) is 5.73 Å². The zero-order valence-electron chi connectivity index (χ0n) is 21.0. The van der Waals surface area contributed by atoms with Crippen LogP contribution in [-0.4, -0.2) is 14.6 Å². The van der Waals surface area contributed by atoms with Crippen LogP contribution in [0.4, 0.5) is 0 Å². The average Bonchev–Trinajstić information content (AvgIpc) is 2.74. The van der Waals surface area contributed by atoms with Crippen molar-refractivity contribution in [3.05, 3.63) is 0 Å². The van der Waals surface area contributed by atoms with Gasteiger partial charge in [0.1, 0.15) is 0 Å². The Morgan fingerprint density at radius 1 is 0.379 bits per heavy atom. The fourth-order valence-corrected chi connectivity index (χ4v) is 10.6. The van der Waals surface area contributed by atoms with Crippen molar-refractivity contribution in [1.29, 1.82) is 0 Å². The largest absolute Gasteiger partial charge is 0.330 e. The predicted octanol–water partition coefficient (Wildman–Crippen LogP) is 9.87. The van der Waals surface area contributed by atoms with Crippen LogP contribution in [0.1, 0.15) is 143 Å². The summed E-state index contributed by atoms with van der Waals surface area (Å²) >= 11 is 0. The monoisotopic (exact) mass is 425 g/mol. The summed E-state index contributed by atoms with van der Waals surface area (Å²) in [6.07, 6.45) is 27.5. The molecule has 0 saturated carbocycles. The standard InChI is InChI=1S/C27H59NSi/c1-4-7-10-12-14-15-17-21-26-29(24-9-6-3,27-22-18-19-23-28)25-20-16-13-11-8-5-2/h4-28H2,1-3H3. The molecule has 176 valence electrons. The van der Waals surface area contributed by atoms with Gasteiger partial charge in [0.15, 0.2) is 0 Å². The fourth-order valence-electron chi connectivity index (χ4n) is 5.04. The first kappa shape index (κ1) is 29.2. The summed E-state index contributed by atoms with van der Waals surface area (Å²) in [5.41, 5.74) is 5.77. The lowest BCUT2D eigenvalue weighted by Gasteiger charge is -2.33. The van der Waals surface area contributed by atoms with Gasteiger partial charge in [-0.3, -0.25) is 0 Å². The van der Waals surface area contributed by atoms with Crippen LogP contribution in [0, 0.1) is 0 Å². The second-order valence-corrected chi connectivity index (χ2v) is 14.9. The predicted molar refractivity (Wildman–Crippen MR) is 139 cm³/mol. The maximum absolute atomic E-state index is 5.77. The lowest BCUT2D eigenvalue weighted by molar-refractivity contribution is 0.581. The number of hydrogen-bond acceptors (Lipinski definition) is 1. The van der Waals surface area contributed by atoms with Crippen molar-refractivity contribution in [3.8, 4) is 0 Å². The molecule has 0 radical (unpaired) electrons. The first-order chi connectivity index (χ1) is 14.2. The third-order valence-corrected chi connectivity index (χ3v) is 12.8. The average molecular weight is 426 g/mol. The maximum Gasteiger partial charge on any atom is 0.0535 e. The van der Waals surface area contributed by atoms with Crippen LogP contribution < -0.4 is 5.73 Å². The van der Waals surface area contributed by atoms with Gasteiger partial charge in [-0.25, -0.2) is 0 Å². The van der Waals surface area contributed by atoms with Crippen molar-refractivity contribution < 1.29 is 0 Å². The Bertz CT molecular complexity index is 307. The zero-order valence-corrected chi connectivity index (χ0v) is 22.0. The minimum absolute atomic E-state index is 0.888. The van der Waals surface area contributed by atoms with Gasteiger partial charge >= 0.3 is 0 Å². The molecule has 0 heterocycles. The molecular formula is C27H59NSi. The van der Waals surface area contributed by atoms with Gasteiger partial charge < -0.3 is 5.73 Å². The van der Waals surface area contributed by atoms with E-state index in [-0.39, 0.29) is 0 Å². The lowest BCUT2D eigenvalue weighted by Crippen LogP contribution is -2.34. The molecule has 0 aromatic heterocycles. The molecule has 0 aliphatic rings. The Labute approximate surface area is 187 Å². The van der Waals surface area contributed by atoms with E-state index in [0.29, 0.717) is 0 Å². The van der Waals surface area contributed by atoms with Crippen molar-refractivity contribution in [2.75, 3.05) is 6.54 Å². The molecule has 29 heavy (non-hydrogen) atoms. The third kappa shape index (κ3) is 18.6. The fraction of sp³-hybridized carbons (Fsp3) is 1.00. The Morgan fingerprint density at radius 2 is 0.690 bits per heavy atom. The molecule has 0 aromatic rings. The Hall–Kier alpha value is 0.177. The van der Waals surface area contributed by atoms with E-state index in [0.717, 1.165) is 6.54 Å². The SMILES string of the molecule is CCCCCCCCCC[Si](CCCC)(CCCCCN)CCCCCCCC. The van der Waals surface area contributed by atoms with E-state index in [9.17, 15) is 0 Å². The molecule has 0 bridgehead atoms. The first-order valence-corrected chi connectivity index (χ1v) is 16.8. The van der Waals surface area contributed by atoms with Gasteiger partial charge in [0.2, 0.25) is 0 Å². The van der Waals surface area contributed by atoms with Gasteiger partial charge in [-0.2, -0.15) is 0 Å².